The normalized spacial score (nSPS) is 19.2. The average Bonchev–Trinajstić information content (AvgIpc) is 3.38. The second-order valence-corrected chi connectivity index (χ2v) is 7.34. The van der Waals surface area contributed by atoms with Gasteiger partial charge in [0.05, 0.1) is 6.54 Å². The number of piperidine rings is 1. The topological polar surface area (TPSA) is 71.3 Å². The lowest BCUT2D eigenvalue weighted by Crippen LogP contribution is -2.44. The first kappa shape index (κ1) is 17.2. The Bertz CT molecular complexity index is 716. The molecule has 26 heavy (non-hydrogen) atoms. The lowest BCUT2D eigenvalue weighted by molar-refractivity contribution is 0.0704. The molecule has 138 valence electrons. The molecular weight excluding hydrogens is 328 g/mol. The molecule has 1 amide bonds. The van der Waals surface area contributed by atoms with Crippen molar-refractivity contribution in [3.05, 3.63) is 47.6 Å². The third kappa shape index (κ3) is 3.96. The molecule has 0 unspecified atom stereocenters. The number of hydrogen-bond donors (Lipinski definition) is 1. The first-order chi connectivity index (χ1) is 12.8. The summed E-state index contributed by atoms with van der Waals surface area (Å²) in [5.41, 5.74) is 0.769. The molecule has 0 radical (unpaired) electrons. The summed E-state index contributed by atoms with van der Waals surface area (Å²) in [4.78, 5) is 19.0. The number of likely N-dealkylation sites (tertiary alicyclic amines) is 1. The Hall–Kier alpha value is -2.21. The molecule has 4 rings (SSSR count). The maximum Gasteiger partial charge on any atom is 0.253 e. The highest BCUT2D eigenvalue weighted by molar-refractivity contribution is 5.94. The molecule has 0 bridgehead atoms. The summed E-state index contributed by atoms with van der Waals surface area (Å²) in [5.74, 6) is 2.14. The van der Waals surface area contributed by atoms with Gasteiger partial charge in [-0.25, -0.2) is 0 Å². The Morgan fingerprint density at radius 2 is 1.85 bits per heavy atom. The SMILES string of the molecule is O=C(c1ccccc1)N1CCC(NCc2noc(C3CCCC3)n2)CC1. The van der Waals surface area contributed by atoms with Crippen molar-refractivity contribution < 1.29 is 9.32 Å². The van der Waals surface area contributed by atoms with Crippen LogP contribution in [0.25, 0.3) is 0 Å². The minimum atomic E-state index is 0.128. The number of benzene rings is 1. The van der Waals surface area contributed by atoms with Crippen LogP contribution in [0.3, 0.4) is 0 Å². The van der Waals surface area contributed by atoms with E-state index < -0.39 is 0 Å². The van der Waals surface area contributed by atoms with E-state index in [-0.39, 0.29) is 5.91 Å². The highest BCUT2D eigenvalue weighted by atomic mass is 16.5. The highest BCUT2D eigenvalue weighted by Gasteiger charge is 2.25. The summed E-state index contributed by atoms with van der Waals surface area (Å²) in [7, 11) is 0. The van der Waals surface area contributed by atoms with Gasteiger partial charge in [0.1, 0.15) is 0 Å². The Morgan fingerprint density at radius 3 is 2.58 bits per heavy atom. The van der Waals surface area contributed by atoms with Gasteiger partial charge in [0.15, 0.2) is 5.82 Å². The molecule has 1 aromatic carbocycles. The Balaban J connectivity index is 1.23. The molecule has 0 spiro atoms. The number of carbonyl (C=O) groups is 1. The Kier molecular flexibility index (Phi) is 5.29. The summed E-state index contributed by atoms with van der Waals surface area (Å²) in [5, 5.41) is 7.63. The van der Waals surface area contributed by atoms with Crippen molar-refractivity contribution in [1.29, 1.82) is 0 Å². The van der Waals surface area contributed by atoms with Crippen molar-refractivity contribution >= 4 is 5.91 Å². The van der Waals surface area contributed by atoms with Crippen molar-refractivity contribution in [3.63, 3.8) is 0 Å². The first-order valence-electron chi connectivity index (χ1n) is 9.70. The van der Waals surface area contributed by atoms with Gasteiger partial charge in [-0.15, -0.1) is 0 Å². The van der Waals surface area contributed by atoms with Crippen LogP contribution in [0.5, 0.6) is 0 Å². The van der Waals surface area contributed by atoms with Crippen molar-refractivity contribution in [2.75, 3.05) is 13.1 Å². The number of hydrogen-bond acceptors (Lipinski definition) is 5. The quantitative estimate of drug-likeness (QED) is 0.893. The zero-order chi connectivity index (χ0) is 17.8. The van der Waals surface area contributed by atoms with Crippen molar-refractivity contribution in [2.24, 2.45) is 0 Å². The zero-order valence-corrected chi connectivity index (χ0v) is 15.1. The zero-order valence-electron chi connectivity index (χ0n) is 15.1. The molecule has 1 aliphatic carbocycles. The van der Waals surface area contributed by atoms with Crippen LogP contribution in [-0.4, -0.2) is 40.1 Å². The maximum absolute atomic E-state index is 12.5. The summed E-state index contributed by atoms with van der Waals surface area (Å²) >= 11 is 0. The largest absolute Gasteiger partial charge is 0.339 e. The number of carbonyl (C=O) groups excluding carboxylic acids is 1. The van der Waals surface area contributed by atoms with E-state index in [0.717, 1.165) is 43.2 Å². The van der Waals surface area contributed by atoms with Crippen molar-refractivity contribution in [3.8, 4) is 0 Å². The van der Waals surface area contributed by atoms with Crippen LogP contribution in [0, 0.1) is 0 Å². The minimum absolute atomic E-state index is 0.128. The van der Waals surface area contributed by atoms with E-state index in [1.807, 2.05) is 35.2 Å². The van der Waals surface area contributed by atoms with Gasteiger partial charge in [-0.3, -0.25) is 4.79 Å². The van der Waals surface area contributed by atoms with E-state index in [2.05, 4.69) is 15.5 Å². The fourth-order valence-electron chi connectivity index (χ4n) is 3.96. The first-order valence-corrected chi connectivity index (χ1v) is 9.70. The molecule has 2 aromatic rings. The second kappa shape index (κ2) is 7.99. The number of nitrogens with zero attached hydrogens (tertiary/aromatic N) is 3. The smallest absolute Gasteiger partial charge is 0.253 e. The third-order valence-corrected chi connectivity index (χ3v) is 5.54. The number of aromatic nitrogens is 2. The van der Waals surface area contributed by atoms with Gasteiger partial charge in [-0.1, -0.05) is 36.2 Å². The molecule has 2 heterocycles. The molecule has 0 atom stereocenters. The molecule has 1 aromatic heterocycles. The van der Waals surface area contributed by atoms with E-state index in [1.54, 1.807) is 0 Å². The number of nitrogens with one attached hydrogen (secondary N) is 1. The molecule has 1 saturated carbocycles. The summed E-state index contributed by atoms with van der Waals surface area (Å²) < 4.78 is 5.43. The van der Waals surface area contributed by atoms with Crippen LogP contribution in [0.2, 0.25) is 0 Å². The highest BCUT2D eigenvalue weighted by Crippen LogP contribution is 2.32. The minimum Gasteiger partial charge on any atom is -0.339 e. The summed E-state index contributed by atoms with van der Waals surface area (Å²) in [6.07, 6.45) is 6.77. The number of rotatable bonds is 5. The average molecular weight is 354 g/mol. The fraction of sp³-hybridized carbons (Fsp3) is 0.550. The maximum atomic E-state index is 12.5. The molecule has 1 N–H and O–H groups in total. The van der Waals surface area contributed by atoms with Gasteiger partial charge in [0, 0.05) is 30.6 Å². The predicted molar refractivity (Wildman–Crippen MR) is 97.7 cm³/mol. The van der Waals surface area contributed by atoms with Gasteiger partial charge in [-0.05, 0) is 37.8 Å². The Labute approximate surface area is 154 Å². The molecule has 1 saturated heterocycles. The van der Waals surface area contributed by atoms with E-state index in [0.29, 0.717) is 18.5 Å². The molecule has 2 aliphatic rings. The lowest BCUT2D eigenvalue weighted by Gasteiger charge is -2.32. The van der Waals surface area contributed by atoms with E-state index >= 15 is 0 Å². The molecule has 2 fully saturated rings. The molecular formula is C20H26N4O2. The van der Waals surface area contributed by atoms with E-state index in [4.69, 9.17) is 4.52 Å². The number of amides is 1. The van der Waals surface area contributed by atoms with Crippen molar-refractivity contribution in [2.45, 2.75) is 57.0 Å². The van der Waals surface area contributed by atoms with Crippen LogP contribution < -0.4 is 5.32 Å². The van der Waals surface area contributed by atoms with Crippen molar-refractivity contribution in [1.82, 2.24) is 20.4 Å². The third-order valence-electron chi connectivity index (χ3n) is 5.54. The lowest BCUT2D eigenvalue weighted by atomic mass is 10.0. The van der Waals surface area contributed by atoms with Crippen LogP contribution in [-0.2, 0) is 6.54 Å². The van der Waals surface area contributed by atoms with Gasteiger partial charge < -0.3 is 14.7 Å². The van der Waals surface area contributed by atoms with E-state index in [9.17, 15) is 4.79 Å². The van der Waals surface area contributed by atoms with Gasteiger partial charge in [0.2, 0.25) is 5.89 Å². The summed E-state index contributed by atoms with van der Waals surface area (Å²) in [6, 6.07) is 9.90. The van der Waals surface area contributed by atoms with Gasteiger partial charge >= 0.3 is 0 Å². The second-order valence-electron chi connectivity index (χ2n) is 7.34. The van der Waals surface area contributed by atoms with Crippen LogP contribution in [0.15, 0.2) is 34.9 Å². The van der Waals surface area contributed by atoms with Gasteiger partial charge in [-0.2, -0.15) is 4.98 Å². The van der Waals surface area contributed by atoms with E-state index in [1.165, 1.54) is 25.7 Å². The molecule has 6 heteroatoms. The molecule has 1 aliphatic heterocycles. The van der Waals surface area contributed by atoms with Gasteiger partial charge in [0.25, 0.3) is 5.91 Å². The predicted octanol–water partition coefficient (Wildman–Crippen LogP) is 3.12. The van der Waals surface area contributed by atoms with Crippen LogP contribution >= 0.6 is 0 Å². The van der Waals surface area contributed by atoms with Crippen LogP contribution in [0.4, 0.5) is 0 Å². The van der Waals surface area contributed by atoms with Crippen LogP contribution in [0.1, 0.15) is 66.5 Å². The molecule has 6 nitrogen and oxygen atoms in total. The monoisotopic (exact) mass is 354 g/mol. The standard InChI is InChI=1S/C20H26N4O2/c25-20(16-8-2-1-3-9-16)24-12-10-17(11-13-24)21-14-18-22-19(26-23-18)15-6-4-5-7-15/h1-3,8-9,15,17,21H,4-7,10-14H2. The summed E-state index contributed by atoms with van der Waals surface area (Å²) in [6.45, 7) is 2.20. The fourth-order valence-corrected chi connectivity index (χ4v) is 3.96. The Morgan fingerprint density at radius 1 is 1.12 bits per heavy atom.